The SMILES string of the molecule is c1cnc2nc(-c3ccc4nc(-c5ccc6cccnc6n5)ccc4n3)ccc2c1. The zero-order chi connectivity index (χ0) is 19.9. The molecule has 0 atom stereocenters. The Bertz CT molecular complexity index is 1440. The molecule has 6 heterocycles. The first-order chi connectivity index (χ1) is 14.8. The van der Waals surface area contributed by atoms with E-state index in [9.17, 15) is 0 Å². The number of hydrogen-bond acceptors (Lipinski definition) is 6. The second-order valence-electron chi connectivity index (χ2n) is 6.92. The molecule has 6 nitrogen and oxygen atoms in total. The minimum atomic E-state index is 0.710. The maximum atomic E-state index is 4.75. The average Bonchev–Trinajstić information content (AvgIpc) is 2.83. The van der Waals surface area contributed by atoms with E-state index in [1.807, 2.05) is 72.8 Å². The molecule has 30 heavy (non-hydrogen) atoms. The summed E-state index contributed by atoms with van der Waals surface area (Å²) in [6.07, 6.45) is 3.49. The summed E-state index contributed by atoms with van der Waals surface area (Å²) in [5.41, 5.74) is 6.18. The molecule has 0 bridgehead atoms. The van der Waals surface area contributed by atoms with Crippen molar-refractivity contribution in [2.24, 2.45) is 0 Å². The van der Waals surface area contributed by atoms with E-state index < -0.39 is 0 Å². The molecule has 0 unspecified atom stereocenters. The molecule has 6 aromatic rings. The van der Waals surface area contributed by atoms with Gasteiger partial charge in [0.1, 0.15) is 0 Å². The number of hydrogen-bond donors (Lipinski definition) is 0. The van der Waals surface area contributed by atoms with Gasteiger partial charge in [-0.3, -0.25) is 0 Å². The van der Waals surface area contributed by atoms with Crippen LogP contribution in [0.1, 0.15) is 0 Å². The van der Waals surface area contributed by atoms with E-state index in [4.69, 9.17) is 9.97 Å². The van der Waals surface area contributed by atoms with Gasteiger partial charge in [0.25, 0.3) is 0 Å². The maximum absolute atomic E-state index is 4.75. The first-order valence-electron chi connectivity index (χ1n) is 9.56. The van der Waals surface area contributed by atoms with Crippen LogP contribution in [-0.4, -0.2) is 29.9 Å². The quantitative estimate of drug-likeness (QED) is 0.423. The molecule has 6 rings (SSSR count). The lowest BCUT2D eigenvalue weighted by atomic mass is 10.1. The second kappa shape index (κ2) is 6.63. The molecular weight excluding hydrogens is 372 g/mol. The fourth-order valence-corrected chi connectivity index (χ4v) is 3.49. The predicted molar refractivity (Wildman–Crippen MR) is 117 cm³/mol. The summed E-state index contributed by atoms with van der Waals surface area (Å²) < 4.78 is 0. The Labute approximate surface area is 171 Å². The fourth-order valence-electron chi connectivity index (χ4n) is 3.49. The van der Waals surface area contributed by atoms with E-state index in [0.717, 1.165) is 44.6 Å². The third-order valence-corrected chi connectivity index (χ3v) is 5.00. The van der Waals surface area contributed by atoms with Crippen LogP contribution in [0.3, 0.4) is 0 Å². The van der Waals surface area contributed by atoms with Gasteiger partial charge in [-0.05, 0) is 72.8 Å². The molecular formula is C24H14N6. The van der Waals surface area contributed by atoms with Gasteiger partial charge in [-0.25, -0.2) is 29.9 Å². The molecule has 6 heteroatoms. The summed E-state index contributed by atoms with van der Waals surface area (Å²) in [5, 5.41) is 2.01. The van der Waals surface area contributed by atoms with Gasteiger partial charge in [-0.1, -0.05) is 0 Å². The first kappa shape index (κ1) is 16.6. The van der Waals surface area contributed by atoms with Crippen molar-refractivity contribution in [2.45, 2.75) is 0 Å². The highest BCUT2D eigenvalue weighted by Crippen LogP contribution is 2.24. The monoisotopic (exact) mass is 386 g/mol. The average molecular weight is 386 g/mol. The molecule has 0 N–H and O–H groups in total. The summed E-state index contributed by atoms with van der Waals surface area (Å²) in [4.78, 5) is 27.4. The Hall–Kier alpha value is -4.32. The Morgan fingerprint density at radius 2 is 0.833 bits per heavy atom. The van der Waals surface area contributed by atoms with Crippen molar-refractivity contribution >= 4 is 33.1 Å². The molecule has 0 saturated carbocycles. The molecule has 0 aliphatic carbocycles. The summed E-state index contributed by atoms with van der Waals surface area (Å²) >= 11 is 0. The van der Waals surface area contributed by atoms with Crippen molar-refractivity contribution in [3.63, 3.8) is 0 Å². The van der Waals surface area contributed by atoms with Crippen LogP contribution >= 0.6 is 0 Å². The molecule has 0 spiro atoms. The van der Waals surface area contributed by atoms with E-state index in [2.05, 4.69) is 19.9 Å². The zero-order valence-corrected chi connectivity index (χ0v) is 15.8. The van der Waals surface area contributed by atoms with Crippen molar-refractivity contribution in [3.8, 4) is 22.8 Å². The van der Waals surface area contributed by atoms with Crippen LogP contribution in [0.25, 0.3) is 55.9 Å². The van der Waals surface area contributed by atoms with Gasteiger partial charge in [0.05, 0.1) is 33.8 Å². The van der Waals surface area contributed by atoms with Crippen LogP contribution in [0, 0.1) is 0 Å². The number of aromatic nitrogens is 6. The van der Waals surface area contributed by atoms with E-state index in [-0.39, 0.29) is 0 Å². The standard InChI is InChI=1S/C24H14N6/c1-3-15-5-7-21(29-23(15)25-13-1)19-11-9-18-17(27-19)10-12-20(28-18)22-8-6-16-4-2-14-26-24(16)30-22/h1-14H. The number of fused-ring (bicyclic) bond motifs is 3. The van der Waals surface area contributed by atoms with Gasteiger partial charge in [0.2, 0.25) is 0 Å². The van der Waals surface area contributed by atoms with Crippen LogP contribution in [0.4, 0.5) is 0 Å². The molecule has 0 aliphatic rings. The molecule has 0 fully saturated rings. The smallest absolute Gasteiger partial charge is 0.159 e. The highest BCUT2D eigenvalue weighted by molar-refractivity contribution is 5.83. The zero-order valence-electron chi connectivity index (χ0n) is 15.8. The normalized spacial score (nSPS) is 11.3. The van der Waals surface area contributed by atoms with E-state index in [1.54, 1.807) is 12.4 Å². The second-order valence-corrected chi connectivity index (χ2v) is 6.92. The predicted octanol–water partition coefficient (Wildman–Crippen LogP) is 4.85. The van der Waals surface area contributed by atoms with Gasteiger partial charge in [0, 0.05) is 23.2 Å². The van der Waals surface area contributed by atoms with Crippen molar-refractivity contribution in [2.75, 3.05) is 0 Å². The summed E-state index contributed by atoms with van der Waals surface area (Å²) in [5.74, 6) is 0. The summed E-state index contributed by atoms with van der Waals surface area (Å²) in [6.45, 7) is 0. The molecule has 140 valence electrons. The Morgan fingerprint density at radius 3 is 1.33 bits per heavy atom. The van der Waals surface area contributed by atoms with Gasteiger partial charge in [0.15, 0.2) is 11.3 Å². The molecule has 0 aliphatic heterocycles. The largest absolute Gasteiger partial charge is 0.245 e. The minimum absolute atomic E-state index is 0.710. The minimum Gasteiger partial charge on any atom is -0.245 e. The van der Waals surface area contributed by atoms with E-state index in [1.165, 1.54) is 0 Å². The van der Waals surface area contributed by atoms with Gasteiger partial charge >= 0.3 is 0 Å². The maximum Gasteiger partial charge on any atom is 0.159 e. The van der Waals surface area contributed by atoms with E-state index >= 15 is 0 Å². The van der Waals surface area contributed by atoms with Crippen molar-refractivity contribution in [3.05, 3.63) is 85.2 Å². The lowest BCUT2D eigenvalue weighted by Gasteiger charge is -2.06. The number of pyridine rings is 6. The molecule has 0 aromatic carbocycles. The van der Waals surface area contributed by atoms with Crippen molar-refractivity contribution in [1.82, 2.24) is 29.9 Å². The number of rotatable bonds is 2. The van der Waals surface area contributed by atoms with Crippen LogP contribution in [0.2, 0.25) is 0 Å². The Balaban J connectivity index is 1.41. The lowest BCUT2D eigenvalue weighted by molar-refractivity contribution is 1.24. The molecule has 0 saturated heterocycles. The fraction of sp³-hybridized carbons (Fsp3) is 0. The highest BCUT2D eigenvalue weighted by atomic mass is 14.9. The van der Waals surface area contributed by atoms with Crippen LogP contribution in [0.5, 0.6) is 0 Å². The van der Waals surface area contributed by atoms with Crippen molar-refractivity contribution < 1.29 is 0 Å². The topological polar surface area (TPSA) is 77.3 Å². The van der Waals surface area contributed by atoms with Crippen LogP contribution in [-0.2, 0) is 0 Å². The van der Waals surface area contributed by atoms with Crippen LogP contribution in [0.15, 0.2) is 85.2 Å². The third-order valence-electron chi connectivity index (χ3n) is 5.00. The lowest BCUT2D eigenvalue weighted by Crippen LogP contribution is -1.94. The molecule has 0 radical (unpaired) electrons. The van der Waals surface area contributed by atoms with Gasteiger partial charge < -0.3 is 0 Å². The van der Waals surface area contributed by atoms with Crippen molar-refractivity contribution in [1.29, 1.82) is 0 Å². The van der Waals surface area contributed by atoms with Gasteiger partial charge in [-0.2, -0.15) is 0 Å². The summed E-state index contributed by atoms with van der Waals surface area (Å²) in [7, 11) is 0. The van der Waals surface area contributed by atoms with E-state index in [0.29, 0.717) is 11.3 Å². The van der Waals surface area contributed by atoms with Gasteiger partial charge in [-0.15, -0.1) is 0 Å². The van der Waals surface area contributed by atoms with Crippen LogP contribution < -0.4 is 0 Å². The summed E-state index contributed by atoms with van der Waals surface area (Å²) in [6, 6.07) is 23.5. The first-order valence-corrected chi connectivity index (χ1v) is 9.56. The Kier molecular flexibility index (Phi) is 3.67. The number of nitrogens with zero attached hydrogens (tertiary/aromatic N) is 6. The molecule has 0 amide bonds. The third kappa shape index (κ3) is 2.82. The Morgan fingerprint density at radius 1 is 0.400 bits per heavy atom. The highest BCUT2D eigenvalue weighted by Gasteiger charge is 2.08. The molecule has 6 aromatic heterocycles.